The molecule has 0 bridgehead atoms. The van der Waals surface area contributed by atoms with Gasteiger partial charge in [-0.3, -0.25) is 4.79 Å². The lowest BCUT2D eigenvalue weighted by atomic mass is 9.76. The number of hydrogen-bond acceptors (Lipinski definition) is 4. The maximum atomic E-state index is 13.6. The van der Waals surface area contributed by atoms with E-state index in [-0.39, 0.29) is 23.4 Å². The lowest BCUT2D eigenvalue weighted by Gasteiger charge is -2.39. The maximum Gasteiger partial charge on any atom is 0.341 e. The largest absolute Gasteiger partial charge is 0.483 e. The van der Waals surface area contributed by atoms with Gasteiger partial charge < -0.3 is 18.8 Å². The monoisotopic (exact) mass is 455 g/mol. The highest BCUT2D eigenvalue weighted by Gasteiger charge is 2.40. The Morgan fingerprint density at radius 2 is 1.94 bits per heavy atom. The summed E-state index contributed by atoms with van der Waals surface area (Å²) in [6.07, 6.45) is 1.10. The summed E-state index contributed by atoms with van der Waals surface area (Å²) in [6, 6.07) is 4.71. The Morgan fingerprint density at radius 1 is 1.18 bits per heavy atom. The summed E-state index contributed by atoms with van der Waals surface area (Å²) in [6.45, 7) is 6.09. The topological polar surface area (TPSA) is 81.7 Å². The molecule has 0 unspecified atom stereocenters. The van der Waals surface area contributed by atoms with Crippen LogP contribution < -0.4 is 10.2 Å². The summed E-state index contributed by atoms with van der Waals surface area (Å²) in [5.74, 6) is -0.860. The number of fused-ring (bicyclic) bond motifs is 5. The highest BCUT2D eigenvalue weighted by atomic mass is 19.3. The fraction of sp³-hybridized carbons (Fsp3) is 0.360. The summed E-state index contributed by atoms with van der Waals surface area (Å²) in [7, 11) is 0. The Labute approximate surface area is 188 Å². The van der Waals surface area contributed by atoms with E-state index in [0.717, 1.165) is 11.1 Å². The second kappa shape index (κ2) is 7.30. The molecule has 6 nitrogen and oxygen atoms in total. The van der Waals surface area contributed by atoms with Crippen molar-refractivity contribution in [2.75, 3.05) is 0 Å². The van der Waals surface area contributed by atoms with Crippen molar-refractivity contribution in [3.8, 4) is 28.1 Å². The number of aromatic nitrogens is 1. The second-order valence-corrected chi connectivity index (χ2v) is 9.70. The quantitative estimate of drug-likeness (QED) is 0.588. The second-order valence-electron chi connectivity index (χ2n) is 9.70. The molecule has 1 N–H and O–H groups in total. The Balaban J connectivity index is 1.82. The molecule has 2 aliphatic rings. The average molecular weight is 455 g/mol. The number of furan rings is 1. The Hall–Kier alpha value is -3.42. The van der Waals surface area contributed by atoms with Crippen molar-refractivity contribution in [2.24, 2.45) is 5.41 Å². The summed E-state index contributed by atoms with van der Waals surface area (Å²) in [5, 5.41) is 9.52. The molecular formula is C25H23F2NO5. The number of ether oxygens (including phenoxy) is 1. The molecule has 3 aromatic rings. The highest BCUT2D eigenvalue weighted by Crippen LogP contribution is 2.50. The van der Waals surface area contributed by atoms with Crippen molar-refractivity contribution in [1.29, 1.82) is 0 Å². The van der Waals surface area contributed by atoms with Gasteiger partial charge in [0.15, 0.2) is 11.5 Å². The summed E-state index contributed by atoms with van der Waals surface area (Å²) in [4.78, 5) is 24.3. The van der Waals surface area contributed by atoms with Crippen molar-refractivity contribution in [1.82, 2.24) is 4.57 Å². The minimum absolute atomic E-state index is 0.0648. The Morgan fingerprint density at radius 3 is 2.55 bits per heavy atom. The predicted molar refractivity (Wildman–Crippen MR) is 117 cm³/mol. The van der Waals surface area contributed by atoms with Gasteiger partial charge in [-0.15, -0.1) is 0 Å². The Kier molecular flexibility index (Phi) is 4.74. The molecule has 0 saturated heterocycles. The smallest absolute Gasteiger partial charge is 0.341 e. The standard InChI is InChI=1S/C25H23F2NO5/c1-25(2,3)21-8-14-15(18-9-19(29)17(24(30)31)10-28(18)21)6-13(12-4-5-32-11-12)22-16(14)7-20(33-22)23(26)27/h4-6,9-11,20-21,23H,7-8H2,1-3H3,(H,30,31)/t20-,21+/m1/s1. The minimum atomic E-state index is -2.64. The van der Waals surface area contributed by atoms with Gasteiger partial charge in [0.2, 0.25) is 0 Å². The van der Waals surface area contributed by atoms with Gasteiger partial charge in [0.05, 0.1) is 18.2 Å². The van der Waals surface area contributed by atoms with E-state index >= 15 is 0 Å². The molecule has 1 aromatic carbocycles. The molecule has 2 atom stereocenters. The number of halogens is 2. The van der Waals surface area contributed by atoms with Gasteiger partial charge in [0.1, 0.15) is 11.3 Å². The van der Waals surface area contributed by atoms with Crippen LogP contribution in [0.15, 0.2) is 46.1 Å². The van der Waals surface area contributed by atoms with Crippen molar-refractivity contribution >= 4 is 5.97 Å². The van der Waals surface area contributed by atoms with Crippen molar-refractivity contribution in [3.05, 3.63) is 63.8 Å². The third-order valence-electron chi connectivity index (χ3n) is 6.60. The number of hydrogen-bond donors (Lipinski definition) is 1. The van der Waals surface area contributed by atoms with E-state index in [0.29, 0.717) is 34.6 Å². The molecule has 33 heavy (non-hydrogen) atoms. The zero-order chi connectivity index (χ0) is 23.7. The number of carboxylic acids is 1. The number of benzene rings is 1. The molecule has 2 aliphatic heterocycles. The number of carbonyl (C=O) groups is 1. The molecule has 172 valence electrons. The summed E-state index contributed by atoms with van der Waals surface area (Å²) >= 11 is 0. The SMILES string of the molecule is CC(C)(C)[C@@H]1Cc2c(cc(-c3ccoc3)c3c2C[C@H](C(F)F)O3)-c2cc(=O)c(C(=O)O)cn21. The van der Waals surface area contributed by atoms with Crippen LogP contribution in [0.5, 0.6) is 5.75 Å². The van der Waals surface area contributed by atoms with Gasteiger partial charge in [-0.1, -0.05) is 20.8 Å². The summed E-state index contributed by atoms with van der Waals surface area (Å²) < 4.78 is 40.1. The van der Waals surface area contributed by atoms with Crippen LogP contribution in [-0.4, -0.2) is 28.2 Å². The first-order chi connectivity index (χ1) is 15.6. The van der Waals surface area contributed by atoms with E-state index in [1.54, 1.807) is 6.07 Å². The van der Waals surface area contributed by atoms with Crippen molar-refractivity contribution in [2.45, 2.75) is 52.2 Å². The number of nitrogens with zero attached hydrogens (tertiary/aromatic N) is 1. The fourth-order valence-corrected chi connectivity index (χ4v) is 4.94. The molecule has 0 radical (unpaired) electrons. The zero-order valence-electron chi connectivity index (χ0n) is 18.4. The van der Waals surface area contributed by atoms with Gasteiger partial charge in [-0.25, -0.2) is 13.6 Å². The zero-order valence-corrected chi connectivity index (χ0v) is 18.4. The van der Waals surface area contributed by atoms with Crippen LogP contribution >= 0.6 is 0 Å². The highest BCUT2D eigenvalue weighted by molar-refractivity contribution is 5.88. The third kappa shape index (κ3) is 3.35. The van der Waals surface area contributed by atoms with Crippen LogP contribution in [0.25, 0.3) is 22.4 Å². The van der Waals surface area contributed by atoms with Crippen LogP contribution in [0.3, 0.4) is 0 Å². The predicted octanol–water partition coefficient (Wildman–Crippen LogP) is 5.19. The van der Waals surface area contributed by atoms with E-state index in [1.165, 1.54) is 24.8 Å². The number of pyridine rings is 1. The molecule has 0 fully saturated rings. The van der Waals surface area contributed by atoms with E-state index < -0.39 is 23.9 Å². The van der Waals surface area contributed by atoms with E-state index in [4.69, 9.17) is 9.15 Å². The maximum absolute atomic E-state index is 13.6. The van der Waals surface area contributed by atoms with Crippen LogP contribution in [0, 0.1) is 5.41 Å². The molecule has 8 heteroatoms. The number of aromatic carboxylic acids is 1. The third-order valence-corrected chi connectivity index (χ3v) is 6.60. The molecular weight excluding hydrogens is 432 g/mol. The lowest BCUT2D eigenvalue weighted by molar-refractivity contribution is 0.0248. The fourth-order valence-electron chi connectivity index (χ4n) is 4.94. The lowest BCUT2D eigenvalue weighted by Crippen LogP contribution is -2.33. The normalized spacial score (nSPS) is 19.1. The van der Waals surface area contributed by atoms with Gasteiger partial charge in [-0.05, 0) is 29.5 Å². The van der Waals surface area contributed by atoms with Crippen LogP contribution in [0.4, 0.5) is 8.78 Å². The molecule has 0 spiro atoms. The van der Waals surface area contributed by atoms with E-state index in [9.17, 15) is 23.5 Å². The van der Waals surface area contributed by atoms with Gasteiger partial charge in [0.25, 0.3) is 6.43 Å². The average Bonchev–Trinajstić information content (AvgIpc) is 3.41. The first-order valence-electron chi connectivity index (χ1n) is 10.7. The number of carboxylic acid groups (broad SMARTS) is 1. The van der Waals surface area contributed by atoms with E-state index in [2.05, 4.69) is 0 Å². The molecule has 2 aromatic heterocycles. The van der Waals surface area contributed by atoms with Gasteiger partial charge >= 0.3 is 5.97 Å². The Bertz CT molecular complexity index is 1320. The van der Waals surface area contributed by atoms with Crippen molar-refractivity contribution < 1.29 is 27.8 Å². The first-order valence-corrected chi connectivity index (χ1v) is 10.7. The minimum Gasteiger partial charge on any atom is -0.483 e. The van der Waals surface area contributed by atoms with Gasteiger partial charge in [0, 0.05) is 47.0 Å². The summed E-state index contributed by atoms with van der Waals surface area (Å²) in [5.41, 5.74) is 2.96. The molecule has 0 aliphatic carbocycles. The van der Waals surface area contributed by atoms with Gasteiger partial charge in [-0.2, -0.15) is 0 Å². The number of alkyl halides is 2. The van der Waals surface area contributed by atoms with Crippen LogP contribution in [-0.2, 0) is 12.8 Å². The van der Waals surface area contributed by atoms with E-state index in [1.807, 2.05) is 31.4 Å². The molecule has 0 amide bonds. The molecule has 4 heterocycles. The molecule has 0 saturated carbocycles. The number of rotatable bonds is 3. The van der Waals surface area contributed by atoms with Crippen LogP contribution in [0.1, 0.15) is 48.3 Å². The van der Waals surface area contributed by atoms with Crippen LogP contribution in [0.2, 0.25) is 0 Å². The first kappa shape index (κ1) is 21.4. The molecule has 5 rings (SSSR count). The van der Waals surface area contributed by atoms with Crippen molar-refractivity contribution in [3.63, 3.8) is 0 Å².